The quantitative estimate of drug-likeness (QED) is 0.577. The van der Waals surface area contributed by atoms with Crippen LogP contribution in [0.1, 0.15) is 17.0 Å². The van der Waals surface area contributed by atoms with Crippen molar-refractivity contribution in [2.24, 2.45) is 0 Å². The van der Waals surface area contributed by atoms with Crippen molar-refractivity contribution in [2.75, 3.05) is 0 Å². The summed E-state index contributed by atoms with van der Waals surface area (Å²) >= 11 is 1.62. The largest absolute Gasteiger partial charge is 0.248 e. The zero-order chi connectivity index (χ0) is 12.4. The van der Waals surface area contributed by atoms with Gasteiger partial charge >= 0.3 is 0 Å². The summed E-state index contributed by atoms with van der Waals surface area (Å²) in [5.41, 5.74) is 2.68. The van der Waals surface area contributed by atoms with Crippen LogP contribution in [0.2, 0.25) is 0 Å². The zero-order valence-corrected chi connectivity index (χ0v) is 10.5. The Hall–Kier alpha value is -2.25. The molecule has 0 amide bonds. The monoisotopic (exact) mass is 251 g/mol. The van der Waals surface area contributed by atoms with E-state index >= 15 is 0 Å². The highest BCUT2D eigenvalue weighted by atomic mass is 32.1. The van der Waals surface area contributed by atoms with Crippen molar-refractivity contribution in [2.45, 2.75) is 6.92 Å². The molecule has 3 heterocycles. The number of aryl methyl sites for hydroxylation is 1. The third-order valence-electron chi connectivity index (χ3n) is 2.53. The molecule has 4 heteroatoms. The summed E-state index contributed by atoms with van der Waals surface area (Å²) in [7, 11) is 0. The SMILES string of the molecule is Cc1csc2ncnc(C#Cc3ccccn3)c12. The van der Waals surface area contributed by atoms with Gasteiger partial charge in [-0.1, -0.05) is 6.07 Å². The molecule has 0 N–H and O–H groups in total. The first-order valence-electron chi connectivity index (χ1n) is 5.46. The molecular formula is C14H9N3S. The van der Waals surface area contributed by atoms with Gasteiger partial charge in [-0.2, -0.15) is 0 Å². The summed E-state index contributed by atoms with van der Waals surface area (Å²) in [6, 6.07) is 5.67. The second-order valence-electron chi connectivity index (χ2n) is 3.79. The smallest absolute Gasteiger partial charge is 0.128 e. The summed E-state index contributed by atoms with van der Waals surface area (Å²) < 4.78 is 0. The van der Waals surface area contributed by atoms with E-state index in [-0.39, 0.29) is 0 Å². The Morgan fingerprint density at radius 1 is 1.11 bits per heavy atom. The Morgan fingerprint density at radius 2 is 2.06 bits per heavy atom. The van der Waals surface area contributed by atoms with Crippen molar-refractivity contribution in [3.8, 4) is 11.8 Å². The van der Waals surface area contributed by atoms with E-state index in [9.17, 15) is 0 Å². The van der Waals surface area contributed by atoms with Crippen LogP contribution in [0.4, 0.5) is 0 Å². The molecule has 3 aromatic heterocycles. The molecule has 0 fully saturated rings. The van der Waals surface area contributed by atoms with E-state index < -0.39 is 0 Å². The normalized spacial score (nSPS) is 10.1. The van der Waals surface area contributed by atoms with Gasteiger partial charge in [-0.15, -0.1) is 11.3 Å². The summed E-state index contributed by atoms with van der Waals surface area (Å²) in [5.74, 6) is 6.10. The molecule has 0 aliphatic carbocycles. The fraction of sp³-hybridized carbons (Fsp3) is 0.0714. The number of hydrogen-bond donors (Lipinski definition) is 0. The van der Waals surface area contributed by atoms with Gasteiger partial charge in [0.1, 0.15) is 22.5 Å². The topological polar surface area (TPSA) is 38.7 Å². The lowest BCUT2D eigenvalue weighted by Crippen LogP contribution is -1.87. The molecule has 0 radical (unpaired) electrons. The number of nitrogens with zero attached hydrogens (tertiary/aromatic N) is 3. The summed E-state index contributed by atoms with van der Waals surface area (Å²) in [6.07, 6.45) is 3.29. The Labute approximate surface area is 109 Å². The third kappa shape index (κ3) is 1.96. The van der Waals surface area contributed by atoms with E-state index in [4.69, 9.17) is 0 Å². The van der Waals surface area contributed by atoms with Crippen LogP contribution in [0.25, 0.3) is 10.2 Å². The van der Waals surface area contributed by atoms with Crippen LogP contribution in [-0.4, -0.2) is 15.0 Å². The fourth-order valence-electron chi connectivity index (χ4n) is 1.67. The summed E-state index contributed by atoms with van der Waals surface area (Å²) in [6.45, 7) is 2.05. The minimum atomic E-state index is 0.747. The van der Waals surface area contributed by atoms with E-state index in [1.807, 2.05) is 25.1 Å². The van der Waals surface area contributed by atoms with Crippen LogP contribution < -0.4 is 0 Å². The second-order valence-corrected chi connectivity index (χ2v) is 4.64. The first-order chi connectivity index (χ1) is 8.84. The second kappa shape index (κ2) is 4.55. The van der Waals surface area contributed by atoms with E-state index in [2.05, 4.69) is 32.2 Å². The van der Waals surface area contributed by atoms with Crippen LogP contribution in [0, 0.1) is 18.8 Å². The minimum Gasteiger partial charge on any atom is -0.248 e. The lowest BCUT2D eigenvalue weighted by atomic mass is 10.2. The highest BCUT2D eigenvalue weighted by molar-refractivity contribution is 7.16. The van der Waals surface area contributed by atoms with Crippen molar-refractivity contribution >= 4 is 21.6 Å². The van der Waals surface area contributed by atoms with Gasteiger partial charge in [0.2, 0.25) is 0 Å². The van der Waals surface area contributed by atoms with E-state index in [0.29, 0.717) is 0 Å². The molecule has 0 saturated carbocycles. The number of aromatic nitrogens is 3. The highest BCUT2D eigenvalue weighted by Crippen LogP contribution is 2.24. The molecule has 0 aliphatic heterocycles. The predicted octanol–water partition coefficient (Wildman–Crippen LogP) is 2.79. The molecule has 3 nitrogen and oxygen atoms in total. The van der Waals surface area contributed by atoms with Crippen LogP contribution >= 0.6 is 11.3 Å². The Kier molecular flexibility index (Phi) is 2.75. The lowest BCUT2D eigenvalue weighted by molar-refractivity contribution is 1.21. The van der Waals surface area contributed by atoms with Gasteiger partial charge in [-0.3, -0.25) is 0 Å². The fourth-order valence-corrected chi connectivity index (χ4v) is 2.56. The maximum Gasteiger partial charge on any atom is 0.128 e. The molecule has 3 rings (SSSR count). The van der Waals surface area contributed by atoms with Crippen molar-refractivity contribution in [1.82, 2.24) is 15.0 Å². The molecule has 0 aliphatic rings. The van der Waals surface area contributed by atoms with Gasteiger partial charge in [-0.25, -0.2) is 15.0 Å². The van der Waals surface area contributed by atoms with Crippen LogP contribution in [-0.2, 0) is 0 Å². The average Bonchev–Trinajstić information content (AvgIpc) is 2.80. The number of fused-ring (bicyclic) bond motifs is 1. The average molecular weight is 251 g/mol. The van der Waals surface area contributed by atoms with Crippen molar-refractivity contribution in [1.29, 1.82) is 0 Å². The molecule has 18 heavy (non-hydrogen) atoms. The van der Waals surface area contributed by atoms with Crippen LogP contribution in [0.5, 0.6) is 0 Å². The molecule has 0 unspecified atom stereocenters. The summed E-state index contributed by atoms with van der Waals surface area (Å²) in [4.78, 5) is 13.6. The maximum atomic E-state index is 4.25. The predicted molar refractivity (Wildman–Crippen MR) is 72.4 cm³/mol. The Bertz CT molecular complexity index is 751. The summed E-state index contributed by atoms with van der Waals surface area (Å²) in [5, 5.41) is 3.12. The van der Waals surface area contributed by atoms with Gasteiger partial charge in [0.05, 0.1) is 0 Å². The first kappa shape index (κ1) is 10.9. The van der Waals surface area contributed by atoms with Gasteiger partial charge in [0, 0.05) is 11.6 Å². The highest BCUT2D eigenvalue weighted by Gasteiger charge is 2.06. The standard InChI is InChI=1S/C14H9N3S/c1-10-8-18-14-13(10)12(16-9-17-14)6-5-11-4-2-3-7-15-11/h2-4,7-9H,1H3. The molecule has 0 saturated heterocycles. The molecule has 0 bridgehead atoms. The minimum absolute atomic E-state index is 0.747. The third-order valence-corrected chi connectivity index (χ3v) is 3.53. The van der Waals surface area contributed by atoms with Crippen molar-refractivity contribution in [3.05, 3.63) is 53.1 Å². The van der Waals surface area contributed by atoms with Crippen molar-refractivity contribution < 1.29 is 0 Å². The lowest BCUT2D eigenvalue weighted by Gasteiger charge is -1.94. The number of pyridine rings is 1. The zero-order valence-electron chi connectivity index (χ0n) is 9.71. The Morgan fingerprint density at radius 3 is 2.89 bits per heavy atom. The number of hydrogen-bond acceptors (Lipinski definition) is 4. The van der Waals surface area contributed by atoms with E-state index in [1.54, 1.807) is 23.9 Å². The van der Waals surface area contributed by atoms with Gasteiger partial charge < -0.3 is 0 Å². The number of rotatable bonds is 0. The molecule has 0 aromatic carbocycles. The van der Waals surface area contributed by atoms with E-state index in [1.165, 1.54) is 5.56 Å². The van der Waals surface area contributed by atoms with Crippen molar-refractivity contribution in [3.63, 3.8) is 0 Å². The molecule has 0 spiro atoms. The molecular weight excluding hydrogens is 242 g/mol. The molecule has 3 aromatic rings. The first-order valence-corrected chi connectivity index (χ1v) is 6.34. The molecule has 0 atom stereocenters. The van der Waals surface area contributed by atoms with Crippen LogP contribution in [0.3, 0.4) is 0 Å². The Balaban J connectivity index is 2.11. The van der Waals surface area contributed by atoms with Gasteiger partial charge in [-0.05, 0) is 41.8 Å². The molecule has 86 valence electrons. The number of thiophene rings is 1. The van der Waals surface area contributed by atoms with Gasteiger partial charge in [0.25, 0.3) is 0 Å². The van der Waals surface area contributed by atoms with Gasteiger partial charge in [0.15, 0.2) is 0 Å². The maximum absolute atomic E-state index is 4.25. The van der Waals surface area contributed by atoms with Crippen LogP contribution in [0.15, 0.2) is 36.1 Å². The van der Waals surface area contributed by atoms with E-state index in [0.717, 1.165) is 21.6 Å².